The molecule has 1 unspecified atom stereocenters. The second-order valence-electron chi connectivity index (χ2n) is 4.33. The minimum atomic E-state index is -0.674. The number of halogens is 1. The largest absolute Gasteiger partial charge is 0.485 e. The first kappa shape index (κ1) is 12.4. The van der Waals surface area contributed by atoms with Crippen molar-refractivity contribution in [1.82, 2.24) is 0 Å². The molecule has 0 aromatic heterocycles. The van der Waals surface area contributed by atoms with Gasteiger partial charge in [0.1, 0.15) is 12.4 Å². The number of hydrogen-bond donors (Lipinski definition) is 0. The number of nitrogens with zero attached hydrogens (tertiary/aromatic N) is 1. The molecule has 0 spiro atoms. The highest BCUT2D eigenvalue weighted by Crippen LogP contribution is 2.36. The highest BCUT2D eigenvalue weighted by atomic mass is 19.1. The fourth-order valence-corrected chi connectivity index (χ4v) is 2.06. The fraction of sp³-hybridized carbons (Fsp3) is 0.143. The standard InChI is InChI=1S/C14H10FNO4/c15-11-7-9(16(17)18)5-6-10(11)14-8-19-12-3-1-2-4-13(12)20-14/h1-7,14H,8H2. The summed E-state index contributed by atoms with van der Waals surface area (Å²) in [5.41, 5.74) is -0.0477. The molecule has 3 rings (SSSR count). The molecular formula is C14H10FNO4. The first-order chi connectivity index (χ1) is 9.65. The van der Waals surface area contributed by atoms with Gasteiger partial charge in [-0.25, -0.2) is 4.39 Å². The molecule has 5 nitrogen and oxygen atoms in total. The van der Waals surface area contributed by atoms with Crippen LogP contribution in [0.3, 0.4) is 0 Å². The van der Waals surface area contributed by atoms with Crippen molar-refractivity contribution >= 4 is 5.69 Å². The predicted molar refractivity (Wildman–Crippen MR) is 68.4 cm³/mol. The zero-order valence-corrected chi connectivity index (χ0v) is 10.3. The molecule has 0 radical (unpaired) electrons. The zero-order chi connectivity index (χ0) is 14.1. The van der Waals surface area contributed by atoms with Gasteiger partial charge < -0.3 is 9.47 Å². The van der Waals surface area contributed by atoms with Crippen molar-refractivity contribution in [3.8, 4) is 11.5 Å². The van der Waals surface area contributed by atoms with Crippen LogP contribution in [0.4, 0.5) is 10.1 Å². The molecule has 1 atom stereocenters. The lowest BCUT2D eigenvalue weighted by atomic mass is 10.1. The number of para-hydroxylation sites is 2. The molecule has 20 heavy (non-hydrogen) atoms. The number of benzene rings is 2. The molecule has 0 bridgehead atoms. The number of rotatable bonds is 2. The van der Waals surface area contributed by atoms with E-state index in [4.69, 9.17) is 9.47 Å². The molecule has 0 fully saturated rings. The van der Waals surface area contributed by atoms with Gasteiger partial charge in [0.05, 0.1) is 11.0 Å². The van der Waals surface area contributed by atoms with Gasteiger partial charge in [-0.1, -0.05) is 12.1 Å². The Labute approximate surface area is 113 Å². The van der Waals surface area contributed by atoms with E-state index in [2.05, 4.69) is 0 Å². The molecule has 1 aliphatic rings. The lowest BCUT2D eigenvalue weighted by molar-refractivity contribution is -0.385. The summed E-state index contributed by atoms with van der Waals surface area (Å²) in [6, 6.07) is 10.6. The summed E-state index contributed by atoms with van der Waals surface area (Å²) in [6.07, 6.45) is -0.620. The molecule has 2 aromatic carbocycles. The summed E-state index contributed by atoms with van der Waals surface area (Å²) in [4.78, 5) is 9.95. The van der Waals surface area contributed by atoms with Gasteiger partial charge in [-0.2, -0.15) is 0 Å². The summed E-state index contributed by atoms with van der Waals surface area (Å²) < 4.78 is 25.1. The van der Waals surface area contributed by atoms with Crippen LogP contribution in [0.25, 0.3) is 0 Å². The Balaban J connectivity index is 1.90. The number of ether oxygens (including phenoxy) is 2. The number of nitro benzene ring substituents is 1. The predicted octanol–water partition coefficient (Wildman–Crippen LogP) is 3.25. The Kier molecular flexibility index (Phi) is 2.98. The second kappa shape index (κ2) is 4.80. The van der Waals surface area contributed by atoms with Gasteiger partial charge in [0.2, 0.25) is 0 Å². The lowest BCUT2D eigenvalue weighted by Crippen LogP contribution is -2.22. The second-order valence-corrected chi connectivity index (χ2v) is 4.33. The van der Waals surface area contributed by atoms with Crippen molar-refractivity contribution in [3.63, 3.8) is 0 Å². The lowest BCUT2D eigenvalue weighted by Gasteiger charge is -2.26. The smallest absolute Gasteiger partial charge is 0.272 e. The molecule has 0 N–H and O–H groups in total. The van der Waals surface area contributed by atoms with Gasteiger partial charge >= 0.3 is 0 Å². The number of hydrogen-bond acceptors (Lipinski definition) is 4. The van der Waals surface area contributed by atoms with Crippen molar-refractivity contribution in [2.45, 2.75) is 6.10 Å². The van der Waals surface area contributed by atoms with E-state index in [0.717, 1.165) is 6.07 Å². The van der Waals surface area contributed by atoms with Crippen molar-refractivity contribution in [1.29, 1.82) is 0 Å². The summed E-state index contributed by atoms with van der Waals surface area (Å²) in [5.74, 6) is 0.458. The molecule has 2 aromatic rings. The molecule has 1 aliphatic heterocycles. The van der Waals surface area contributed by atoms with Crippen LogP contribution in [0.2, 0.25) is 0 Å². The van der Waals surface area contributed by atoms with Crippen LogP contribution in [0.1, 0.15) is 11.7 Å². The third kappa shape index (κ3) is 2.16. The van der Waals surface area contributed by atoms with Crippen LogP contribution in [-0.2, 0) is 0 Å². The highest BCUT2D eigenvalue weighted by Gasteiger charge is 2.25. The number of fused-ring (bicyclic) bond motifs is 1. The molecule has 1 heterocycles. The summed E-state index contributed by atoms with van der Waals surface area (Å²) in [6.45, 7) is 0.158. The van der Waals surface area contributed by atoms with Crippen LogP contribution in [-0.4, -0.2) is 11.5 Å². The van der Waals surface area contributed by atoms with Crippen LogP contribution >= 0.6 is 0 Å². The molecular weight excluding hydrogens is 265 g/mol. The Morgan fingerprint density at radius 2 is 1.95 bits per heavy atom. The summed E-state index contributed by atoms with van der Waals surface area (Å²) in [5, 5.41) is 10.6. The van der Waals surface area contributed by atoms with E-state index in [9.17, 15) is 14.5 Å². The van der Waals surface area contributed by atoms with Gasteiger partial charge in [-0.3, -0.25) is 10.1 Å². The van der Waals surface area contributed by atoms with Crippen LogP contribution in [0.5, 0.6) is 11.5 Å². The van der Waals surface area contributed by atoms with Crippen molar-refractivity contribution in [2.75, 3.05) is 6.61 Å². The van der Waals surface area contributed by atoms with Crippen molar-refractivity contribution < 1.29 is 18.8 Å². The number of non-ortho nitro benzene ring substituents is 1. The van der Waals surface area contributed by atoms with Gasteiger partial charge in [0, 0.05) is 11.6 Å². The van der Waals surface area contributed by atoms with Gasteiger partial charge in [-0.05, 0) is 18.2 Å². The molecule has 0 saturated carbocycles. The van der Waals surface area contributed by atoms with Crippen LogP contribution in [0.15, 0.2) is 42.5 Å². The van der Waals surface area contributed by atoms with Crippen LogP contribution < -0.4 is 9.47 Å². The fourth-order valence-electron chi connectivity index (χ4n) is 2.06. The van der Waals surface area contributed by atoms with Gasteiger partial charge in [-0.15, -0.1) is 0 Å². The van der Waals surface area contributed by atoms with E-state index < -0.39 is 16.8 Å². The third-order valence-corrected chi connectivity index (χ3v) is 3.05. The van der Waals surface area contributed by atoms with Gasteiger partial charge in [0.25, 0.3) is 5.69 Å². The summed E-state index contributed by atoms with van der Waals surface area (Å²) >= 11 is 0. The molecule has 0 saturated heterocycles. The maximum Gasteiger partial charge on any atom is 0.272 e. The topological polar surface area (TPSA) is 61.6 Å². The van der Waals surface area contributed by atoms with E-state index in [1.807, 2.05) is 6.07 Å². The van der Waals surface area contributed by atoms with E-state index in [1.165, 1.54) is 12.1 Å². The maximum absolute atomic E-state index is 13.9. The first-order valence-corrected chi connectivity index (χ1v) is 5.97. The third-order valence-electron chi connectivity index (χ3n) is 3.05. The maximum atomic E-state index is 13.9. The molecule has 102 valence electrons. The Bertz CT molecular complexity index is 674. The SMILES string of the molecule is O=[N+]([O-])c1ccc(C2COc3ccccc3O2)c(F)c1. The average molecular weight is 275 g/mol. The van der Waals surface area contributed by atoms with E-state index in [0.29, 0.717) is 11.5 Å². The Morgan fingerprint density at radius 1 is 1.20 bits per heavy atom. The van der Waals surface area contributed by atoms with Crippen molar-refractivity contribution in [2.24, 2.45) is 0 Å². The summed E-state index contributed by atoms with van der Waals surface area (Å²) in [7, 11) is 0. The molecule has 0 amide bonds. The highest BCUT2D eigenvalue weighted by molar-refractivity contribution is 5.42. The average Bonchev–Trinajstić information content (AvgIpc) is 2.46. The normalized spacial score (nSPS) is 16.8. The minimum absolute atomic E-state index is 0.158. The monoisotopic (exact) mass is 275 g/mol. The zero-order valence-electron chi connectivity index (χ0n) is 10.3. The minimum Gasteiger partial charge on any atom is -0.485 e. The van der Waals surface area contributed by atoms with Crippen molar-refractivity contribution in [3.05, 3.63) is 64.0 Å². The first-order valence-electron chi connectivity index (χ1n) is 5.97. The van der Waals surface area contributed by atoms with E-state index in [-0.39, 0.29) is 17.9 Å². The molecule has 6 heteroatoms. The Morgan fingerprint density at radius 3 is 2.65 bits per heavy atom. The van der Waals surface area contributed by atoms with E-state index in [1.54, 1.807) is 18.2 Å². The van der Waals surface area contributed by atoms with Gasteiger partial charge in [0.15, 0.2) is 17.6 Å². The quantitative estimate of drug-likeness (QED) is 0.623. The number of nitro groups is 1. The van der Waals surface area contributed by atoms with E-state index >= 15 is 0 Å². The van der Waals surface area contributed by atoms with Crippen LogP contribution in [0, 0.1) is 15.9 Å². The Hall–Kier alpha value is -2.63. The molecule has 0 aliphatic carbocycles.